The molecule has 1 unspecified atom stereocenters. The van der Waals surface area contributed by atoms with Crippen molar-refractivity contribution in [3.63, 3.8) is 0 Å². The van der Waals surface area contributed by atoms with Gasteiger partial charge in [0.05, 0.1) is 0 Å². The van der Waals surface area contributed by atoms with E-state index in [1.807, 2.05) is 30.3 Å². The quantitative estimate of drug-likeness (QED) is 0.546. The van der Waals surface area contributed by atoms with Gasteiger partial charge in [0.15, 0.2) is 0 Å². The van der Waals surface area contributed by atoms with E-state index >= 15 is 0 Å². The topological polar surface area (TPSA) is 96.5 Å². The van der Waals surface area contributed by atoms with Gasteiger partial charge >= 0.3 is 6.09 Å². The van der Waals surface area contributed by atoms with Crippen molar-refractivity contribution in [3.8, 4) is 0 Å². The number of alkyl carbamates (subject to hydrolysis) is 1. The first-order valence-corrected chi connectivity index (χ1v) is 10.4. The lowest BCUT2D eigenvalue weighted by molar-refractivity contribution is -0.123. The SMILES string of the molecule is Cc1ccc(C(=O)NCCNC(=O)C(Cc2ccccc2)NC(=O)OC(C)(C)C)cc1F. The molecule has 0 aliphatic carbocycles. The van der Waals surface area contributed by atoms with E-state index in [4.69, 9.17) is 4.74 Å². The zero-order valence-corrected chi connectivity index (χ0v) is 18.8. The molecule has 3 N–H and O–H groups in total. The van der Waals surface area contributed by atoms with Gasteiger partial charge in [-0.1, -0.05) is 36.4 Å². The maximum absolute atomic E-state index is 13.6. The molecule has 0 bridgehead atoms. The third-order valence-corrected chi connectivity index (χ3v) is 4.43. The molecular formula is C24H30FN3O4. The van der Waals surface area contributed by atoms with Crippen LogP contribution in [-0.2, 0) is 16.0 Å². The summed E-state index contributed by atoms with van der Waals surface area (Å²) < 4.78 is 18.9. The molecule has 0 fully saturated rings. The third kappa shape index (κ3) is 8.37. The number of carbonyl (C=O) groups excluding carboxylic acids is 3. The van der Waals surface area contributed by atoms with Crippen LogP contribution in [0.2, 0.25) is 0 Å². The van der Waals surface area contributed by atoms with Crippen LogP contribution < -0.4 is 16.0 Å². The average molecular weight is 444 g/mol. The van der Waals surface area contributed by atoms with Crippen LogP contribution in [0.4, 0.5) is 9.18 Å². The number of aryl methyl sites for hydroxylation is 1. The van der Waals surface area contributed by atoms with Crippen LogP contribution in [0.5, 0.6) is 0 Å². The van der Waals surface area contributed by atoms with Crippen LogP contribution in [0.15, 0.2) is 48.5 Å². The Morgan fingerprint density at radius 3 is 2.28 bits per heavy atom. The first kappa shape index (κ1) is 24.8. The molecule has 3 amide bonds. The van der Waals surface area contributed by atoms with E-state index in [9.17, 15) is 18.8 Å². The molecule has 2 rings (SSSR count). The standard InChI is InChI=1S/C24H30FN3O4/c1-16-10-11-18(15-19(16)25)21(29)26-12-13-27-22(30)20(14-17-8-6-5-7-9-17)28-23(31)32-24(2,3)4/h5-11,15,20H,12-14H2,1-4H3,(H,26,29)(H,27,30)(H,28,31). The number of amides is 3. The first-order valence-electron chi connectivity index (χ1n) is 10.4. The van der Waals surface area contributed by atoms with Crippen molar-refractivity contribution in [3.05, 3.63) is 71.0 Å². The summed E-state index contributed by atoms with van der Waals surface area (Å²) in [5, 5.41) is 7.94. The van der Waals surface area contributed by atoms with Crippen molar-refractivity contribution >= 4 is 17.9 Å². The minimum atomic E-state index is -0.853. The van der Waals surface area contributed by atoms with Gasteiger partial charge in [0.1, 0.15) is 17.5 Å². The highest BCUT2D eigenvalue weighted by Gasteiger charge is 2.24. The number of hydrogen-bond acceptors (Lipinski definition) is 4. The fourth-order valence-corrected chi connectivity index (χ4v) is 2.83. The molecule has 0 radical (unpaired) electrons. The number of rotatable bonds is 8. The molecule has 0 saturated heterocycles. The summed E-state index contributed by atoms with van der Waals surface area (Å²) in [7, 11) is 0. The Morgan fingerprint density at radius 1 is 1.00 bits per heavy atom. The van der Waals surface area contributed by atoms with Crippen molar-refractivity contribution < 1.29 is 23.5 Å². The molecule has 32 heavy (non-hydrogen) atoms. The number of nitrogens with one attached hydrogen (secondary N) is 3. The number of ether oxygens (including phenoxy) is 1. The van der Waals surface area contributed by atoms with Crippen LogP contribution >= 0.6 is 0 Å². The van der Waals surface area contributed by atoms with Gasteiger partial charge < -0.3 is 20.7 Å². The molecule has 1 atom stereocenters. The van der Waals surface area contributed by atoms with Crippen LogP contribution in [0, 0.1) is 12.7 Å². The lowest BCUT2D eigenvalue weighted by atomic mass is 10.1. The maximum atomic E-state index is 13.6. The van der Waals surface area contributed by atoms with Gasteiger partial charge in [-0.15, -0.1) is 0 Å². The van der Waals surface area contributed by atoms with Crippen molar-refractivity contribution in [2.75, 3.05) is 13.1 Å². The van der Waals surface area contributed by atoms with Gasteiger partial charge in [-0.25, -0.2) is 9.18 Å². The molecule has 0 heterocycles. The average Bonchev–Trinajstić information content (AvgIpc) is 2.71. The molecule has 0 aliphatic heterocycles. The van der Waals surface area contributed by atoms with Crippen molar-refractivity contribution in [1.82, 2.24) is 16.0 Å². The summed E-state index contributed by atoms with van der Waals surface area (Å²) in [5.74, 6) is -1.30. The molecule has 2 aromatic rings. The Morgan fingerprint density at radius 2 is 1.66 bits per heavy atom. The fourth-order valence-electron chi connectivity index (χ4n) is 2.83. The molecule has 172 valence electrons. The molecule has 0 saturated carbocycles. The van der Waals surface area contributed by atoms with E-state index in [2.05, 4.69) is 16.0 Å². The zero-order chi connectivity index (χ0) is 23.7. The number of benzene rings is 2. The summed E-state index contributed by atoms with van der Waals surface area (Å²) in [5.41, 5.74) is 0.833. The van der Waals surface area contributed by atoms with E-state index in [1.54, 1.807) is 27.7 Å². The highest BCUT2D eigenvalue weighted by atomic mass is 19.1. The van der Waals surface area contributed by atoms with Crippen LogP contribution in [-0.4, -0.2) is 42.6 Å². The van der Waals surface area contributed by atoms with Gasteiger partial charge in [-0.05, 0) is 51.0 Å². The lowest BCUT2D eigenvalue weighted by Crippen LogP contribution is -2.50. The first-order chi connectivity index (χ1) is 15.0. The highest BCUT2D eigenvalue weighted by Crippen LogP contribution is 2.10. The van der Waals surface area contributed by atoms with Crippen molar-refractivity contribution in [1.29, 1.82) is 0 Å². The normalized spacial score (nSPS) is 11.9. The molecule has 0 aromatic heterocycles. The number of halogens is 1. The van der Waals surface area contributed by atoms with Crippen LogP contribution in [0.1, 0.15) is 42.3 Å². The van der Waals surface area contributed by atoms with E-state index in [-0.39, 0.29) is 25.1 Å². The van der Waals surface area contributed by atoms with Gasteiger partial charge in [-0.2, -0.15) is 0 Å². The summed E-state index contributed by atoms with van der Waals surface area (Å²) in [6.45, 7) is 7.11. The molecule has 7 nitrogen and oxygen atoms in total. The van der Waals surface area contributed by atoms with Crippen molar-refractivity contribution in [2.45, 2.75) is 45.8 Å². The van der Waals surface area contributed by atoms with Crippen molar-refractivity contribution in [2.24, 2.45) is 0 Å². The van der Waals surface area contributed by atoms with E-state index in [0.717, 1.165) is 5.56 Å². The van der Waals surface area contributed by atoms with E-state index in [1.165, 1.54) is 18.2 Å². The molecule has 0 spiro atoms. The lowest BCUT2D eigenvalue weighted by Gasteiger charge is -2.23. The second kappa shape index (κ2) is 11.3. The van der Waals surface area contributed by atoms with Gasteiger partial charge in [-0.3, -0.25) is 9.59 Å². The summed E-state index contributed by atoms with van der Waals surface area (Å²) in [4.78, 5) is 37.0. The zero-order valence-electron chi connectivity index (χ0n) is 18.8. The fraction of sp³-hybridized carbons (Fsp3) is 0.375. The number of carbonyl (C=O) groups is 3. The Balaban J connectivity index is 1.91. The predicted octanol–water partition coefficient (Wildman–Crippen LogP) is 3.12. The second-order valence-corrected chi connectivity index (χ2v) is 8.40. The van der Waals surface area contributed by atoms with Crippen LogP contribution in [0.25, 0.3) is 0 Å². The van der Waals surface area contributed by atoms with Crippen LogP contribution in [0.3, 0.4) is 0 Å². The van der Waals surface area contributed by atoms with E-state index in [0.29, 0.717) is 5.56 Å². The van der Waals surface area contributed by atoms with Gasteiger partial charge in [0.2, 0.25) is 5.91 Å². The van der Waals surface area contributed by atoms with Gasteiger partial charge in [0, 0.05) is 25.1 Å². The third-order valence-electron chi connectivity index (χ3n) is 4.43. The summed E-state index contributed by atoms with van der Waals surface area (Å²) in [6, 6.07) is 12.7. The Bertz CT molecular complexity index is 942. The van der Waals surface area contributed by atoms with E-state index < -0.39 is 35.4 Å². The molecule has 8 heteroatoms. The predicted molar refractivity (Wildman–Crippen MR) is 120 cm³/mol. The minimum absolute atomic E-state index is 0.139. The molecule has 0 aliphatic rings. The van der Waals surface area contributed by atoms with Gasteiger partial charge in [0.25, 0.3) is 5.91 Å². The Labute approximate surface area is 187 Å². The minimum Gasteiger partial charge on any atom is -0.444 e. The smallest absolute Gasteiger partial charge is 0.408 e. The largest absolute Gasteiger partial charge is 0.444 e. The molecular weight excluding hydrogens is 413 g/mol. The highest BCUT2D eigenvalue weighted by molar-refractivity contribution is 5.94. The summed E-state index contributed by atoms with van der Waals surface area (Å²) in [6.07, 6.45) is -0.413. The number of hydrogen-bond donors (Lipinski definition) is 3. The Kier molecular flexibility index (Phi) is 8.75. The molecule has 2 aromatic carbocycles. The monoisotopic (exact) mass is 443 g/mol. The second-order valence-electron chi connectivity index (χ2n) is 8.40. The maximum Gasteiger partial charge on any atom is 0.408 e. The summed E-state index contributed by atoms with van der Waals surface area (Å²) >= 11 is 0. The Hall–Kier alpha value is -3.42.